The van der Waals surface area contributed by atoms with Crippen LogP contribution in [0.4, 0.5) is 0 Å². The average Bonchev–Trinajstić information content (AvgIpc) is 2.29. The van der Waals surface area contributed by atoms with Gasteiger partial charge in [-0.3, -0.25) is 9.59 Å². The molecule has 5 heteroatoms. The Balaban J connectivity index is 2.12. The Hall–Kier alpha value is -1.49. The van der Waals surface area contributed by atoms with Crippen LogP contribution in [0.1, 0.15) is 5.56 Å². The molecule has 92 valence electrons. The molecule has 1 aromatic carbocycles. The number of nitrogens with one attached hydrogen (secondary N) is 1. The zero-order chi connectivity index (χ0) is 12.5. The molecular formula is C12H15NO3S. The van der Waals surface area contributed by atoms with Crippen LogP contribution >= 0.6 is 11.8 Å². The summed E-state index contributed by atoms with van der Waals surface area (Å²) in [6, 6.07) is 9.50. The predicted molar refractivity (Wildman–Crippen MR) is 68.1 cm³/mol. The highest BCUT2D eigenvalue weighted by Crippen LogP contribution is 2.00. The molecule has 0 fully saturated rings. The summed E-state index contributed by atoms with van der Waals surface area (Å²) in [6.07, 6.45) is 0.366. The van der Waals surface area contributed by atoms with Gasteiger partial charge in [-0.05, 0) is 5.56 Å². The molecule has 0 radical (unpaired) electrons. The van der Waals surface area contributed by atoms with Crippen molar-refractivity contribution in [3.63, 3.8) is 0 Å². The molecule has 17 heavy (non-hydrogen) atoms. The highest BCUT2D eigenvalue weighted by Gasteiger charge is 2.02. The van der Waals surface area contributed by atoms with Gasteiger partial charge in [0.2, 0.25) is 5.91 Å². The Morgan fingerprint density at radius 3 is 2.59 bits per heavy atom. The minimum absolute atomic E-state index is 0.0351. The molecule has 0 aliphatic heterocycles. The molecule has 1 rings (SSSR count). The summed E-state index contributed by atoms with van der Waals surface area (Å²) in [7, 11) is 0. The summed E-state index contributed by atoms with van der Waals surface area (Å²) in [6.45, 7) is 0.504. The van der Waals surface area contributed by atoms with Crippen molar-refractivity contribution in [3.05, 3.63) is 35.9 Å². The van der Waals surface area contributed by atoms with E-state index in [-0.39, 0.29) is 11.7 Å². The van der Waals surface area contributed by atoms with Crippen molar-refractivity contribution in [3.8, 4) is 0 Å². The highest BCUT2D eigenvalue weighted by molar-refractivity contribution is 7.99. The fraction of sp³-hybridized carbons (Fsp3) is 0.333. The van der Waals surface area contributed by atoms with Crippen LogP contribution in [0.5, 0.6) is 0 Å². The number of aliphatic carboxylic acids is 1. The van der Waals surface area contributed by atoms with Gasteiger partial charge in [0.1, 0.15) is 0 Å². The number of thioether (sulfide) groups is 1. The van der Waals surface area contributed by atoms with Gasteiger partial charge >= 0.3 is 5.97 Å². The molecule has 1 amide bonds. The molecule has 1 aromatic rings. The van der Waals surface area contributed by atoms with Crippen LogP contribution in [0.25, 0.3) is 0 Å². The van der Waals surface area contributed by atoms with E-state index in [0.717, 1.165) is 5.56 Å². The van der Waals surface area contributed by atoms with Crippen LogP contribution in [-0.4, -0.2) is 35.0 Å². The third-order valence-electron chi connectivity index (χ3n) is 2.00. The summed E-state index contributed by atoms with van der Waals surface area (Å²) in [5.41, 5.74) is 0.975. The van der Waals surface area contributed by atoms with Crippen molar-refractivity contribution in [2.24, 2.45) is 0 Å². The van der Waals surface area contributed by atoms with E-state index < -0.39 is 5.97 Å². The topological polar surface area (TPSA) is 66.4 Å². The second-order valence-corrected chi connectivity index (χ2v) is 4.56. The number of amides is 1. The number of carbonyl (C=O) groups excluding carboxylic acids is 1. The van der Waals surface area contributed by atoms with Crippen molar-refractivity contribution in [2.45, 2.75) is 6.42 Å². The second-order valence-electron chi connectivity index (χ2n) is 3.46. The minimum Gasteiger partial charge on any atom is -0.481 e. The zero-order valence-corrected chi connectivity index (χ0v) is 10.2. The van der Waals surface area contributed by atoms with Crippen LogP contribution in [0, 0.1) is 0 Å². The Labute approximate surface area is 104 Å². The van der Waals surface area contributed by atoms with Gasteiger partial charge in [0.05, 0.1) is 12.2 Å². The molecule has 4 nitrogen and oxygen atoms in total. The van der Waals surface area contributed by atoms with Crippen molar-refractivity contribution in [1.82, 2.24) is 5.32 Å². The Bertz CT molecular complexity index is 367. The molecule has 0 bridgehead atoms. The van der Waals surface area contributed by atoms with Crippen molar-refractivity contribution in [2.75, 3.05) is 18.1 Å². The first-order valence-corrected chi connectivity index (χ1v) is 6.44. The molecule has 0 heterocycles. The van der Waals surface area contributed by atoms with Crippen LogP contribution < -0.4 is 5.32 Å². The van der Waals surface area contributed by atoms with Gasteiger partial charge in [-0.1, -0.05) is 30.3 Å². The SMILES string of the molecule is O=C(O)CSCCNC(=O)Cc1ccccc1. The van der Waals surface area contributed by atoms with E-state index in [4.69, 9.17) is 5.11 Å². The summed E-state index contributed by atoms with van der Waals surface area (Å²) in [5, 5.41) is 11.2. The first-order valence-electron chi connectivity index (χ1n) is 5.28. The lowest BCUT2D eigenvalue weighted by molar-refractivity contribution is -0.133. The second kappa shape index (κ2) is 7.73. The van der Waals surface area contributed by atoms with E-state index in [9.17, 15) is 9.59 Å². The van der Waals surface area contributed by atoms with Crippen LogP contribution in [0.15, 0.2) is 30.3 Å². The van der Waals surface area contributed by atoms with E-state index >= 15 is 0 Å². The maximum atomic E-state index is 11.5. The fourth-order valence-electron chi connectivity index (χ4n) is 1.27. The monoisotopic (exact) mass is 253 g/mol. The van der Waals surface area contributed by atoms with Crippen molar-refractivity contribution in [1.29, 1.82) is 0 Å². The lowest BCUT2D eigenvalue weighted by Crippen LogP contribution is -2.27. The highest BCUT2D eigenvalue weighted by atomic mass is 32.2. The van der Waals surface area contributed by atoms with Crippen LogP contribution in [-0.2, 0) is 16.0 Å². The third-order valence-corrected chi connectivity index (χ3v) is 2.95. The van der Waals surface area contributed by atoms with Gasteiger partial charge in [0.15, 0.2) is 0 Å². The Kier molecular flexibility index (Phi) is 6.17. The lowest BCUT2D eigenvalue weighted by Gasteiger charge is -2.04. The smallest absolute Gasteiger partial charge is 0.313 e. The number of carboxylic acid groups (broad SMARTS) is 1. The van der Waals surface area contributed by atoms with Gasteiger partial charge < -0.3 is 10.4 Å². The number of hydrogen-bond acceptors (Lipinski definition) is 3. The molecule has 0 saturated heterocycles. The van der Waals surface area contributed by atoms with E-state index in [1.54, 1.807) is 0 Å². The van der Waals surface area contributed by atoms with Gasteiger partial charge in [-0.25, -0.2) is 0 Å². The zero-order valence-electron chi connectivity index (χ0n) is 9.39. The summed E-state index contributed by atoms with van der Waals surface area (Å²) >= 11 is 1.30. The number of benzene rings is 1. The van der Waals surface area contributed by atoms with E-state index in [1.807, 2.05) is 30.3 Å². The molecular weight excluding hydrogens is 238 g/mol. The Morgan fingerprint density at radius 1 is 1.24 bits per heavy atom. The normalized spacial score (nSPS) is 9.88. The maximum absolute atomic E-state index is 11.5. The van der Waals surface area contributed by atoms with Crippen LogP contribution in [0.3, 0.4) is 0 Å². The molecule has 0 atom stereocenters. The largest absolute Gasteiger partial charge is 0.481 e. The van der Waals surface area contributed by atoms with Crippen LogP contribution in [0.2, 0.25) is 0 Å². The molecule has 0 aliphatic rings. The van der Waals surface area contributed by atoms with E-state index in [2.05, 4.69) is 5.32 Å². The lowest BCUT2D eigenvalue weighted by atomic mass is 10.1. The van der Waals surface area contributed by atoms with Crippen molar-refractivity contribution < 1.29 is 14.7 Å². The molecule has 0 spiro atoms. The molecule has 0 aromatic heterocycles. The van der Waals surface area contributed by atoms with Gasteiger partial charge in [0, 0.05) is 12.3 Å². The summed E-state index contributed by atoms with van der Waals surface area (Å²) < 4.78 is 0. The average molecular weight is 253 g/mol. The number of carbonyl (C=O) groups is 2. The quantitative estimate of drug-likeness (QED) is 0.716. The van der Waals surface area contributed by atoms with Crippen molar-refractivity contribution >= 4 is 23.6 Å². The summed E-state index contributed by atoms with van der Waals surface area (Å²) in [5.74, 6) is -0.167. The third kappa shape index (κ3) is 6.63. The summed E-state index contributed by atoms with van der Waals surface area (Å²) in [4.78, 5) is 21.7. The molecule has 0 unspecified atom stereocenters. The van der Waals surface area contributed by atoms with E-state index in [0.29, 0.717) is 18.7 Å². The fourth-order valence-corrected chi connectivity index (χ4v) is 1.83. The van der Waals surface area contributed by atoms with E-state index in [1.165, 1.54) is 11.8 Å². The minimum atomic E-state index is -0.828. The first-order chi connectivity index (χ1) is 8.18. The predicted octanol–water partition coefficient (Wildman–Crippen LogP) is 1.16. The molecule has 2 N–H and O–H groups in total. The standard InChI is InChI=1S/C12H15NO3S/c14-11(8-10-4-2-1-3-5-10)13-6-7-17-9-12(15)16/h1-5H,6-9H2,(H,13,14)(H,15,16). The molecule has 0 saturated carbocycles. The van der Waals surface area contributed by atoms with Gasteiger partial charge in [0.25, 0.3) is 0 Å². The maximum Gasteiger partial charge on any atom is 0.313 e. The first kappa shape index (κ1) is 13.6. The molecule has 0 aliphatic carbocycles. The van der Waals surface area contributed by atoms with Gasteiger partial charge in [-0.2, -0.15) is 0 Å². The number of hydrogen-bond donors (Lipinski definition) is 2. The number of rotatable bonds is 7. The number of carboxylic acids is 1. The Morgan fingerprint density at radius 2 is 1.94 bits per heavy atom. The van der Waals surface area contributed by atoms with Gasteiger partial charge in [-0.15, -0.1) is 11.8 Å².